The molecule has 1 saturated heterocycles. The summed E-state index contributed by atoms with van der Waals surface area (Å²) in [5.74, 6) is -0.262. The van der Waals surface area contributed by atoms with E-state index in [0.717, 1.165) is 59.6 Å². The maximum Gasteiger partial charge on any atom is 0.325 e. The molecule has 1 N–H and O–H groups in total. The number of hydrogen-bond donors (Lipinski definition) is 1. The largest absolute Gasteiger partial charge is 0.459 e. The number of esters is 1. The van der Waals surface area contributed by atoms with Gasteiger partial charge in [-0.05, 0) is 63.9 Å². The summed E-state index contributed by atoms with van der Waals surface area (Å²) in [5, 5.41) is 7.83. The first-order chi connectivity index (χ1) is 17.3. The topological polar surface area (TPSA) is 85.2 Å². The van der Waals surface area contributed by atoms with Crippen molar-refractivity contribution in [3.63, 3.8) is 0 Å². The molecule has 3 heterocycles. The average molecular weight is 485 g/mol. The van der Waals surface area contributed by atoms with E-state index in [1.54, 1.807) is 0 Å². The highest BCUT2D eigenvalue weighted by Crippen LogP contribution is 2.29. The SMILES string of the molecule is CC(C)(C)OC(=O)CNc1cccc(N2CCC(n3cc(-c4cnc5ccccc5n4)cn3)CC2)c1. The van der Waals surface area contributed by atoms with Gasteiger partial charge in [-0.25, -0.2) is 4.98 Å². The van der Waals surface area contributed by atoms with Crippen molar-refractivity contribution in [2.24, 2.45) is 0 Å². The summed E-state index contributed by atoms with van der Waals surface area (Å²) in [6.07, 6.45) is 7.78. The lowest BCUT2D eigenvalue weighted by Gasteiger charge is -2.34. The minimum Gasteiger partial charge on any atom is -0.459 e. The maximum atomic E-state index is 12.0. The molecule has 2 aromatic carbocycles. The average Bonchev–Trinajstić information content (AvgIpc) is 3.37. The van der Waals surface area contributed by atoms with Crippen LogP contribution in [-0.4, -0.2) is 51.0 Å². The van der Waals surface area contributed by atoms with Crippen LogP contribution in [0.3, 0.4) is 0 Å². The minimum absolute atomic E-state index is 0.145. The van der Waals surface area contributed by atoms with E-state index in [-0.39, 0.29) is 12.5 Å². The van der Waals surface area contributed by atoms with Gasteiger partial charge in [-0.1, -0.05) is 18.2 Å². The Kier molecular flexibility index (Phi) is 6.59. The van der Waals surface area contributed by atoms with Gasteiger partial charge in [0.1, 0.15) is 12.1 Å². The maximum absolute atomic E-state index is 12.0. The molecule has 0 atom stereocenters. The van der Waals surface area contributed by atoms with Crippen LogP contribution in [0.2, 0.25) is 0 Å². The molecular weight excluding hydrogens is 452 g/mol. The predicted molar refractivity (Wildman–Crippen MR) is 142 cm³/mol. The first-order valence-corrected chi connectivity index (χ1v) is 12.4. The molecule has 0 aliphatic carbocycles. The molecular formula is C28H32N6O2. The monoisotopic (exact) mass is 484 g/mol. The molecule has 186 valence electrons. The summed E-state index contributed by atoms with van der Waals surface area (Å²) in [7, 11) is 0. The van der Waals surface area contributed by atoms with Gasteiger partial charge in [-0.15, -0.1) is 0 Å². The fourth-order valence-corrected chi connectivity index (χ4v) is 4.52. The number of carbonyl (C=O) groups is 1. The summed E-state index contributed by atoms with van der Waals surface area (Å²) >= 11 is 0. The van der Waals surface area contributed by atoms with Gasteiger partial charge in [0.15, 0.2) is 0 Å². The Morgan fingerprint density at radius 2 is 1.83 bits per heavy atom. The smallest absolute Gasteiger partial charge is 0.325 e. The fraction of sp³-hybridized carbons (Fsp3) is 0.357. The Labute approximate surface area is 211 Å². The number of para-hydroxylation sites is 2. The normalized spacial score (nSPS) is 14.7. The number of nitrogens with one attached hydrogen (secondary N) is 1. The van der Waals surface area contributed by atoms with E-state index < -0.39 is 5.60 Å². The van der Waals surface area contributed by atoms with Gasteiger partial charge < -0.3 is 15.0 Å². The third-order valence-corrected chi connectivity index (χ3v) is 6.25. The van der Waals surface area contributed by atoms with Crippen molar-refractivity contribution < 1.29 is 9.53 Å². The number of anilines is 2. The van der Waals surface area contributed by atoms with Crippen LogP contribution in [0.15, 0.2) is 67.1 Å². The number of nitrogens with zero attached hydrogens (tertiary/aromatic N) is 5. The standard InChI is InChI=1S/C28H32N6O2/c1-28(2,3)36-27(35)18-29-21-7-6-8-23(15-21)33-13-11-22(12-14-33)34-19-20(16-31-34)26-17-30-24-9-4-5-10-25(24)32-26/h4-10,15-17,19,22,29H,11-14,18H2,1-3H3. The molecule has 5 rings (SSSR count). The highest BCUT2D eigenvalue weighted by molar-refractivity contribution is 5.77. The number of carbonyl (C=O) groups excluding carboxylic acids is 1. The minimum atomic E-state index is -0.483. The van der Waals surface area contributed by atoms with Gasteiger partial charge in [-0.3, -0.25) is 14.5 Å². The molecule has 0 amide bonds. The summed E-state index contributed by atoms with van der Waals surface area (Å²) in [6.45, 7) is 7.63. The number of piperidine rings is 1. The predicted octanol–water partition coefficient (Wildman–Crippen LogP) is 5.09. The molecule has 2 aromatic heterocycles. The Morgan fingerprint density at radius 3 is 2.61 bits per heavy atom. The number of fused-ring (bicyclic) bond motifs is 1. The van der Waals surface area contributed by atoms with Crippen molar-refractivity contribution in [1.82, 2.24) is 19.7 Å². The van der Waals surface area contributed by atoms with Gasteiger partial charge in [-0.2, -0.15) is 5.10 Å². The van der Waals surface area contributed by atoms with Crippen molar-refractivity contribution in [3.8, 4) is 11.3 Å². The molecule has 1 aliphatic rings. The van der Waals surface area contributed by atoms with Crippen LogP contribution in [0, 0.1) is 0 Å². The molecule has 1 aliphatic heterocycles. The molecule has 36 heavy (non-hydrogen) atoms. The first-order valence-electron chi connectivity index (χ1n) is 12.4. The van der Waals surface area contributed by atoms with Crippen LogP contribution in [0.4, 0.5) is 11.4 Å². The second-order valence-corrected chi connectivity index (χ2v) is 10.2. The van der Waals surface area contributed by atoms with E-state index in [4.69, 9.17) is 9.72 Å². The highest BCUT2D eigenvalue weighted by atomic mass is 16.6. The molecule has 0 radical (unpaired) electrons. The zero-order valence-corrected chi connectivity index (χ0v) is 21.0. The fourth-order valence-electron chi connectivity index (χ4n) is 4.52. The number of aromatic nitrogens is 4. The first kappa shape index (κ1) is 23.8. The zero-order valence-electron chi connectivity index (χ0n) is 21.0. The molecule has 8 nitrogen and oxygen atoms in total. The summed E-state index contributed by atoms with van der Waals surface area (Å²) in [5.41, 5.74) is 5.18. The second kappa shape index (κ2) is 9.97. The lowest BCUT2D eigenvalue weighted by Crippen LogP contribution is -2.34. The van der Waals surface area contributed by atoms with Crippen LogP contribution < -0.4 is 10.2 Å². The Balaban J connectivity index is 1.18. The number of hydrogen-bond acceptors (Lipinski definition) is 7. The number of rotatable bonds is 6. The van der Waals surface area contributed by atoms with Crippen LogP contribution in [0.1, 0.15) is 39.7 Å². The number of benzene rings is 2. The Hall–Kier alpha value is -3.94. The third-order valence-electron chi connectivity index (χ3n) is 6.25. The molecule has 0 saturated carbocycles. The van der Waals surface area contributed by atoms with E-state index >= 15 is 0 Å². The van der Waals surface area contributed by atoms with Crippen molar-refractivity contribution in [3.05, 3.63) is 67.1 Å². The van der Waals surface area contributed by atoms with Gasteiger partial charge in [0.2, 0.25) is 0 Å². The van der Waals surface area contributed by atoms with Crippen LogP contribution in [0.5, 0.6) is 0 Å². The van der Waals surface area contributed by atoms with E-state index in [9.17, 15) is 4.79 Å². The van der Waals surface area contributed by atoms with E-state index in [1.165, 1.54) is 0 Å². The molecule has 0 spiro atoms. The second-order valence-electron chi connectivity index (χ2n) is 10.2. The van der Waals surface area contributed by atoms with Gasteiger partial charge in [0.25, 0.3) is 0 Å². The van der Waals surface area contributed by atoms with Gasteiger partial charge in [0.05, 0.1) is 35.2 Å². The van der Waals surface area contributed by atoms with Gasteiger partial charge >= 0.3 is 5.97 Å². The zero-order chi connectivity index (χ0) is 25.1. The van der Waals surface area contributed by atoms with Crippen LogP contribution in [0.25, 0.3) is 22.3 Å². The third kappa shape index (κ3) is 5.64. The Bertz CT molecular complexity index is 1350. The van der Waals surface area contributed by atoms with Crippen molar-refractivity contribution in [1.29, 1.82) is 0 Å². The summed E-state index contributed by atoms with van der Waals surface area (Å²) in [4.78, 5) is 23.7. The molecule has 8 heteroatoms. The summed E-state index contributed by atoms with van der Waals surface area (Å²) in [6, 6.07) is 16.4. The van der Waals surface area contributed by atoms with Crippen molar-refractivity contribution in [2.75, 3.05) is 29.9 Å². The molecule has 0 unspecified atom stereocenters. The highest BCUT2D eigenvalue weighted by Gasteiger charge is 2.22. The van der Waals surface area contributed by atoms with E-state index in [0.29, 0.717) is 6.04 Å². The van der Waals surface area contributed by atoms with Crippen molar-refractivity contribution >= 4 is 28.4 Å². The molecule has 0 bridgehead atoms. The molecule has 1 fully saturated rings. The lowest BCUT2D eigenvalue weighted by molar-refractivity contribution is -0.152. The Morgan fingerprint density at radius 1 is 1.06 bits per heavy atom. The van der Waals surface area contributed by atoms with E-state index in [2.05, 4.69) is 43.3 Å². The van der Waals surface area contributed by atoms with Gasteiger partial charge in [0, 0.05) is 36.2 Å². The lowest BCUT2D eigenvalue weighted by atomic mass is 10.0. The van der Waals surface area contributed by atoms with Crippen LogP contribution in [-0.2, 0) is 9.53 Å². The van der Waals surface area contributed by atoms with Crippen molar-refractivity contribution in [2.45, 2.75) is 45.3 Å². The van der Waals surface area contributed by atoms with Crippen LogP contribution >= 0.6 is 0 Å². The quantitative estimate of drug-likeness (QED) is 0.382. The van der Waals surface area contributed by atoms with E-state index in [1.807, 2.05) is 69.6 Å². The number of ether oxygens (including phenoxy) is 1. The summed E-state index contributed by atoms with van der Waals surface area (Å²) < 4.78 is 7.45. The molecule has 4 aromatic rings.